The highest BCUT2D eigenvalue weighted by Crippen LogP contribution is 2.28. The summed E-state index contributed by atoms with van der Waals surface area (Å²) in [5.41, 5.74) is 0.908. The van der Waals surface area contributed by atoms with E-state index in [9.17, 15) is 4.21 Å². The van der Waals surface area contributed by atoms with Gasteiger partial charge in [0.1, 0.15) is 12.4 Å². The molecule has 1 rings (SSSR count). The van der Waals surface area contributed by atoms with Crippen LogP contribution in [0.1, 0.15) is 5.56 Å². The van der Waals surface area contributed by atoms with Crippen LogP contribution < -0.4 is 4.74 Å². The Labute approximate surface area is 120 Å². The van der Waals surface area contributed by atoms with Gasteiger partial charge >= 0.3 is 0 Å². The molecule has 0 bridgehead atoms. The predicted octanol–water partition coefficient (Wildman–Crippen LogP) is 3.94. The molecule has 0 fully saturated rings. The van der Waals surface area contributed by atoms with E-state index in [4.69, 9.17) is 16.3 Å². The van der Waals surface area contributed by atoms with E-state index in [0.29, 0.717) is 17.4 Å². The first kappa shape index (κ1) is 15.3. The molecule has 0 amide bonds. The topological polar surface area (TPSA) is 26.3 Å². The zero-order valence-corrected chi connectivity index (χ0v) is 12.7. The van der Waals surface area contributed by atoms with Crippen LogP contribution in [0.3, 0.4) is 0 Å². The van der Waals surface area contributed by atoms with Crippen molar-refractivity contribution in [2.24, 2.45) is 0 Å². The molecule has 5 heteroatoms. The van der Waals surface area contributed by atoms with Gasteiger partial charge in [-0.25, -0.2) is 0 Å². The summed E-state index contributed by atoms with van der Waals surface area (Å²) >= 11 is 7.57. The molecule has 0 saturated heterocycles. The van der Waals surface area contributed by atoms with Gasteiger partial charge < -0.3 is 4.74 Å². The summed E-state index contributed by atoms with van der Waals surface area (Å²) in [7, 11) is -0.984. The van der Waals surface area contributed by atoms with Gasteiger partial charge in [0.2, 0.25) is 0 Å². The third kappa shape index (κ3) is 4.52. The average molecular weight is 303 g/mol. The maximum Gasteiger partial charge on any atom is 0.138 e. The van der Waals surface area contributed by atoms with Gasteiger partial charge in [-0.05, 0) is 30.0 Å². The molecule has 0 aliphatic rings. The maximum absolute atomic E-state index is 11.4. The molecule has 0 heterocycles. The predicted molar refractivity (Wildman–Crippen MR) is 82.7 cm³/mol. The standard InChI is InChI=1S/C13H15ClO2S2/c1-4-7-16-12-6-5-10(8-11(12)14)9-13(17-2)18(3)15/h4-6,8-9H,1,7H2,2-3H3/b13-9-. The minimum absolute atomic E-state index is 0.421. The van der Waals surface area contributed by atoms with E-state index in [1.165, 1.54) is 11.8 Å². The van der Waals surface area contributed by atoms with E-state index in [0.717, 1.165) is 9.80 Å². The number of benzene rings is 1. The van der Waals surface area contributed by atoms with Crippen molar-refractivity contribution in [3.8, 4) is 5.75 Å². The molecule has 0 N–H and O–H groups in total. The van der Waals surface area contributed by atoms with E-state index in [1.807, 2.05) is 18.4 Å². The molecular formula is C13H15ClO2S2. The van der Waals surface area contributed by atoms with Crippen molar-refractivity contribution < 1.29 is 8.95 Å². The number of halogens is 1. The van der Waals surface area contributed by atoms with Gasteiger partial charge in [-0.15, -0.1) is 11.8 Å². The number of hydrogen-bond acceptors (Lipinski definition) is 3. The van der Waals surface area contributed by atoms with Gasteiger partial charge in [0.25, 0.3) is 0 Å². The maximum atomic E-state index is 11.4. The molecule has 0 saturated carbocycles. The molecule has 2 nitrogen and oxygen atoms in total. The first-order valence-electron chi connectivity index (χ1n) is 5.21. The van der Waals surface area contributed by atoms with Crippen LogP contribution in [0, 0.1) is 0 Å². The molecule has 0 aliphatic carbocycles. The SMILES string of the molecule is C=CCOc1ccc(/C=C(/SC)S(C)=O)cc1Cl. The summed E-state index contributed by atoms with van der Waals surface area (Å²) < 4.78 is 17.6. The third-order valence-electron chi connectivity index (χ3n) is 2.08. The molecule has 1 aromatic carbocycles. The Hall–Kier alpha value is -0.710. The molecule has 98 valence electrons. The summed E-state index contributed by atoms with van der Waals surface area (Å²) in [6, 6.07) is 5.48. The largest absolute Gasteiger partial charge is 0.488 e. The highest BCUT2D eigenvalue weighted by atomic mass is 35.5. The Kier molecular flexibility index (Phi) is 6.54. The lowest BCUT2D eigenvalue weighted by Gasteiger charge is -2.07. The molecule has 1 aromatic rings. The molecule has 1 unspecified atom stereocenters. The molecule has 0 aromatic heterocycles. The normalized spacial score (nSPS) is 13.2. The number of thioether (sulfide) groups is 1. The van der Waals surface area contributed by atoms with Gasteiger partial charge in [-0.1, -0.05) is 30.3 Å². The van der Waals surface area contributed by atoms with Crippen LogP contribution in [-0.4, -0.2) is 23.3 Å². The minimum Gasteiger partial charge on any atom is -0.488 e. The number of ether oxygens (including phenoxy) is 1. The van der Waals surface area contributed by atoms with Crippen LogP contribution in [0.5, 0.6) is 5.75 Å². The summed E-state index contributed by atoms with van der Waals surface area (Å²) in [4.78, 5) is 0. The smallest absolute Gasteiger partial charge is 0.138 e. The quantitative estimate of drug-likeness (QED) is 0.744. The van der Waals surface area contributed by atoms with E-state index in [2.05, 4.69) is 6.58 Å². The van der Waals surface area contributed by atoms with Gasteiger partial charge in [-0.3, -0.25) is 4.21 Å². The van der Waals surface area contributed by atoms with Crippen molar-refractivity contribution in [3.05, 3.63) is 45.7 Å². The van der Waals surface area contributed by atoms with Gasteiger partial charge in [0.15, 0.2) is 0 Å². The summed E-state index contributed by atoms with van der Waals surface area (Å²) in [6.07, 6.45) is 7.09. The van der Waals surface area contributed by atoms with Crippen molar-refractivity contribution in [3.63, 3.8) is 0 Å². The van der Waals surface area contributed by atoms with E-state index in [1.54, 1.807) is 24.5 Å². The minimum atomic E-state index is -0.984. The molecular weight excluding hydrogens is 288 g/mol. The van der Waals surface area contributed by atoms with Crippen LogP contribution in [0.15, 0.2) is 35.1 Å². The second-order valence-electron chi connectivity index (χ2n) is 3.41. The number of hydrogen-bond donors (Lipinski definition) is 0. The van der Waals surface area contributed by atoms with Crippen LogP contribution in [0.25, 0.3) is 6.08 Å². The molecule has 0 aliphatic heterocycles. The molecule has 18 heavy (non-hydrogen) atoms. The molecule has 0 radical (unpaired) electrons. The fourth-order valence-corrected chi connectivity index (χ4v) is 3.01. The Bertz CT molecular complexity index is 484. The first-order chi connectivity index (χ1) is 8.58. The summed E-state index contributed by atoms with van der Waals surface area (Å²) in [5.74, 6) is 0.622. The Morgan fingerprint density at radius 1 is 1.61 bits per heavy atom. The fourth-order valence-electron chi connectivity index (χ4n) is 1.27. The van der Waals surface area contributed by atoms with Crippen LogP contribution >= 0.6 is 23.4 Å². The highest BCUT2D eigenvalue weighted by molar-refractivity contribution is 8.16. The van der Waals surface area contributed by atoms with Crippen molar-refractivity contribution in [2.45, 2.75) is 0 Å². The van der Waals surface area contributed by atoms with Gasteiger partial charge in [0.05, 0.1) is 20.1 Å². The van der Waals surface area contributed by atoms with Crippen molar-refractivity contribution in [1.29, 1.82) is 0 Å². The number of rotatable bonds is 6. The van der Waals surface area contributed by atoms with Crippen LogP contribution in [-0.2, 0) is 10.8 Å². The Morgan fingerprint density at radius 3 is 2.83 bits per heavy atom. The van der Waals surface area contributed by atoms with Gasteiger partial charge in [-0.2, -0.15) is 0 Å². The Balaban J connectivity index is 2.96. The lowest BCUT2D eigenvalue weighted by Crippen LogP contribution is -1.93. The fraction of sp³-hybridized carbons (Fsp3) is 0.231. The van der Waals surface area contributed by atoms with Crippen molar-refractivity contribution in [2.75, 3.05) is 19.1 Å². The van der Waals surface area contributed by atoms with Crippen LogP contribution in [0.2, 0.25) is 5.02 Å². The molecule has 1 atom stereocenters. The lowest BCUT2D eigenvalue weighted by atomic mass is 10.2. The third-order valence-corrected chi connectivity index (χ3v) is 4.79. The average Bonchev–Trinajstić information content (AvgIpc) is 2.34. The van der Waals surface area contributed by atoms with Crippen LogP contribution in [0.4, 0.5) is 0 Å². The first-order valence-corrected chi connectivity index (χ1v) is 8.37. The zero-order valence-electron chi connectivity index (χ0n) is 10.3. The zero-order chi connectivity index (χ0) is 13.5. The highest BCUT2D eigenvalue weighted by Gasteiger charge is 2.04. The van der Waals surface area contributed by atoms with Crippen molar-refractivity contribution >= 4 is 40.2 Å². The Morgan fingerprint density at radius 2 is 2.33 bits per heavy atom. The van der Waals surface area contributed by atoms with E-state index in [-0.39, 0.29) is 0 Å². The summed E-state index contributed by atoms with van der Waals surface area (Å²) in [5, 5.41) is 0.535. The second-order valence-corrected chi connectivity index (χ2v) is 6.27. The van der Waals surface area contributed by atoms with Gasteiger partial charge in [0, 0.05) is 6.26 Å². The monoisotopic (exact) mass is 302 g/mol. The summed E-state index contributed by atoms with van der Waals surface area (Å²) in [6.45, 7) is 4.00. The van der Waals surface area contributed by atoms with Crippen molar-refractivity contribution in [1.82, 2.24) is 0 Å². The van der Waals surface area contributed by atoms with E-state index >= 15 is 0 Å². The second kappa shape index (κ2) is 7.67. The lowest BCUT2D eigenvalue weighted by molar-refractivity contribution is 0.363. The molecule has 0 spiro atoms. The van der Waals surface area contributed by atoms with E-state index < -0.39 is 10.8 Å².